The molecule has 0 bridgehead atoms. The summed E-state index contributed by atoms with van der Waals surface area (Å²) in [5, 5.41) is 14.6. The maximum atomic E-state index is 14.3. The van der Waals surface area contributed by atoms with E-state index >= 15 is 0 Å². The van der Waals surface area contributed by atoms with Crippen molar-refractivity contribution in [3.63, 3.8) is 0 Å². The summed E-state index contributed by atoms with van der Waals surface area (Å²) in [6.07, 6.45) is 10.2. The van der Waals surface area contributed by atoms with E-state index < -0.39 is 53.8 Å². The molecule has 1 aromatic heterocycles. The lowest BCUT2D eigenvalue weighted by Crippen LogP contribution is -2.55. The maximum absolute atomic E-state index is 14.3. The van der Waals surface area contributed by atoms with Gasteiger partial charge in [0.1, 0.15) is 11.8 Å². The Morgan fingerprint density at radius 2 is 1.55 bits per heavy atom. The standard InChI is InChI=1S/C41H61F2NO11/c1-6-8-10-16-23-40(42,43)24-17-14-12-11-13-15-18-33(41(49,25-27-50-4)38(47)53-29-35-30(3)54-39(48)55-35)36(45)44-34(37(46)51-5)28-31-19-21-32(22-20-31)52-26-9-7-2/h15,18-22,33-34,49H,6-14,16-17,23-29H2,1-5H3,(H,44,45)/b18-15+/t33-,34+,41+/m1/s1. The number of nitrogens with one attached hydrogen (secondary N) is 1. The number of alkyl halides is 2. The quantitative estimate of drug-likeness (QED) is 0.0476. The molecule has 0 fully saturated rings. The third kappa shape index (κ3) is 17.1. The van der Waals surface area contributed by atoms with Crippen LogP contribution < -0.4 is 15.9 Å². The number of esters is 2. The summed E-state index contributed by atoms with van der Waals surface area (Å²) < 4.78 is 59.5. The minimum atomic E-state index is -2.68. The van der Waals surface area contributed by atoms with Gasteiger partial charge in [-0.2, -0.15) is 0 Å². The van der Waals surface area contributed by atoms with E-state index in [1.807, 2.05) is 6.92 Å². The SMILES string of the molecule is CCCCCCC(F)(F)CCCCCC/C=C/[C@H](C(=O)N[C@@H](Cc1ccc(OCCCC)cc1)C(=O)OC)[C@@](O)(CCOC)C(=O)OCc1oc(=O)oc1C. The van der Waals surface area contributed by atoms with Crippen LogP contribution in [0, 0.1) is 12.8 Å². The highest BCUT2D eigenvalue weighted by atomic mass is 19.3. The number of ether oxygens (including phenoxy) is 4. The summed E-state index contributed by atoms with van der Waals surface area (Å²) in [5.74, 6) is -7.43. The Morgan fingerprint density at radius 3 is 2.15 bits per heavy atom. The molecule has 310 valence electrons. The van der Waals surface area contributed by atoms with Crippen molar-refractivity contribution in [3.05, 3.63) is 64.1 Å². The third-order valence-corrected chi connectivity index (χ3v) is 9.33. The fourth-order valence-electron chi connectivity index (χ4n) is 5.92. The molecule has 3 atom stereocenters. The third-order valence-electron chi connectivity index (χ3n) is 9.33. The summed E-state index contributed by atoms with van der Waals surface area (Å²) in [5.41, 5.74) is -1.82. The van der Waals surface area contributed by atoms with E-state index in [0.717, 1.165) is 32.1 Å². The number of benzene rings is 1. The Hall–Kier alpha value is -4.04. The minimum absolute atomic E-state index is 0.0294. The van der Waals surface area contributed by atoms with Crippen LogP contribution in [0.3, 0.4) is 0 Å². The molecular weight excluding hydrogens is 720 g/mol. The highest BCUT2D eigenvalue weighted by molar-refractivity contribution is 5.93. The molecule has 2 N–H and O–H groups in total. The molecule has 0 radical (unpaired) electrons. The van der Waals surface area contributed by atoms with E-state index in [4.69, 9.17) is 27.8 Å². The average Bonchev–Trinajstić information content (AvgIpc) is 3.49. The highest BCUT2D eigenvalue weighted by Crippen LogP contribution is 2.30. The zero-order valence-electron chi connectivity index (χ0n) is 33.1. The number of hydrogen-bond donors (Lipinski definition) is 2. The van der Waals surface area contributed by atoms with Crippen molar-refractivity contribution >= 4 is 17.8 Å². The monoisotopic (exact) mass is 781 g/mol. The largest absolute Gasteiger partial charge is 0.519 e. The van der Waals surface area contributed by atoms with Gasteiger partial charge in [-0.15, -0.1) is 0 Å². The average molecular weight is 782 g/mol. The number of carbonyl (C=O) groups is 3. The molecule has 0 spiro atoms. The Bertz CT molecular complexity index is 1500. The number of aliphatic hydroxyl groups is 1. The van der Waals surface area contributed by atoms with Gasteiger partial charge in [0.05, 0.1) is 19.6 Å². The van der Waals surface area contributed by atoms with Crippen molar-refractivity contribution in [3.8, 4) is 5.75 Å². The molecule has 1 heterocycles. The normalized spacial score (nSPS) is 14.0. The van der Waals surface area contributed by atoms with Crippen LogP contribution in [0.1, 0.15) is 121 Å². The van der Waals surface area contributed by atoms with Gasteiger partial charge in [0.25, 0.3) is 0 Å². The molecule has 0 saturated heterocycles. The van der Waals surface area contributed by atoms with Gasteiger partial charge in [0.2, 0.25) is 11.8 Å². The van der Waals surface area contributed by atoms with Crippen molar-refractivity contribution in [2.45, 2.75) is 141 Å². The van der Waals surface area contributed by atoms with Crippen LogP contribution in [-0.2, 0) is 41.6 Å². The van der Waals surface area contributed by atoms with Gasteiger partial charge >= 0.3 is 17.8 Å². The number of rotatable bonds is 29. The number of carbonyl (C=O) groups excluding carboxylic acids is 3. The first-order valence-corrected chi connectivity index (χ1v) is 19.4. The van der Waals surface area contributed by atoms with Crippen LogP contribution >= 0.6 is 0 Å². The Balaban J connectivity index is 2.24. The number of methoxy groups -OCH3 is 2. The van der Waals surface area contributed by atoms with E-state index in [1.165, 1.54) is 27.2 Å². The van der Waals surface area contributed by atoms with Crippen molar-refractivity contribution in [2.24, 2.45) is 5.92 Å². The van der Waals surface area contributed by atoms with Crippen molar-refractivity contribution in [2.75, 3.05) is 27.4 Å². The molecule has 2 rings (SSSR count). The zero-order chi connectivity index (χ0) is 40.7. The summed E-state index contributed by atoms with van der Waals surface area (Å²) in [7, 11) is 2.54. The number of allylic oxidation sites excluding steroid dienone is 1. The number of halogens is 2. The van der Waals surface area contributed by atoms with Crippen LogP contribution in [-0.4, -0.2) is 68.0 Å². The zero-order valence-corrected chi connectivity index (χ0v) is 33.1. The lowest BCUT2D eigenvalue weighted by molar-refractivity contribution is -0.176. The number of amides is 1. The number of aryl methyl sites for hydroxylation is 1. The van der Waals surface area contributed by atoms with Gasteiger partial charge in [-0.25, -0.2) is 23.2 Å². The maximum Gasteiger partial charge on any atom is 0.519 e. The molecule has 0 aliphatic heterocycles. The molecule has 12 nitrogen and oxygen atoms in total. The molecule has 55 heavy (non-hydrogen) atoms. The first-order valence-electron chi connectivity index (χ1n) is 19.4. The minimum Gasteiger partial charge on any atom is -0.494 e. The van der Waals surface area contributed by atoms with E-state index in [0.29, 0.717) is 56.4 Å². The summed E-state index contributed by atoms with van der Waals surface area (Å²) in [4.78, 5) is 52.2. The van der Waals surface area contributed by atoms with E-state index in [9.17, 15) is 33.1 Å². The lowest BCUT2D eigenvalue weighted by Gasteiger charge is -2.32. The molecule has 14 heteroatoms. The van der Waals surface area contributed by atoms with Gasteiger partial charge in [0.15, 0.2) is 23.7 Å². The first-order chi connectivity index (χ1) is 26.3. The van der Waals surface area contributed by atoms with Gasteiger partial charge < -0.3 is 38.2 Å². The smallest absolute Gasteiger partial charge is 0.494 e. The molecule has 1 aromatic carbocycles. The topological polar surface area (TPSA) is 164 Å². The van der Waals surface area contributed by atoms with Gasteiger partial charge in [-0.1, -0.05) is 76.7 Å². The van der Waals surface area contributed by atoms with Crippen LogP contribution in [0.15, 0.2) is 50.0 Å². The summed E-state index contributed by atoms with van der Waals surface area (Å²) in [6.45, 7) is 5.38. The fraction of sp³-hybridized carbons (Fsp3) is 0.659. The molecular formula is C41H61F2NO11. The molecule has 0 aliphatic rings. The van der Waals surface area contributed by atoms with Crippen LogP contribution in [0.4, 0.5) is 8.78 Å². The second-order valence-electron chi connectivity index (χ2n) is 13.8. The Morgan fingerprint density at radius 1 is 0.891 bits per heavy atom. The van der Waals surface area contributed by atoms with Crippen molar-refractivity contribution < 1.29 is 56.1 Å². The first kappa shape index (κ1) is 47.1. The molecule has 2 aromatic rings. The van der Waals surface area contributed by atoms with E-state index in [2.05, 4.69) is 12.2 Å². The Labute approximate surface area is 323 Å². The van der Waals surface area contributed by atoms with E-state index in [1.54, 1.807) is 30.3 Å². The number of hydrogen-bond acceptors (Lipinski definition) is 11. The Kier molecular flexibility index (Phi) is 21.6. The highest BCUT2D eigenvalue weighted by Gasteiger charge is 2.48. The van der Waals surface area contributed by atoms with E-state index in [-0.39, 0.29) is 43.8 Å². The van der Waals surface area contributed by atoms with Gasteiger partial charge in [-0.05, 0) is 56.7 Å². The predicted molar refractivity (Wildman–Crippen MR) is 202 cm³/mol. The van der Waals surface area contributed by atoms with Gasteiger partial charge in [0, 0.05) is 39.4 Å². The summed E-state index contributed by atoms with van der Waals surface area (Å²) >= 11 is 0. The molecule has 0 unspecified atom stereocenters. The van der Waals surface area contributed by atoms with Crippen LogP contribution in [0.25, 0.3) is 0 Å². The molecule has 0 saturated carbocycles. The van der Waals surface area contributed by atoms with Crippen LogP contribution in [0.2, 0.25) is 0 Å². The van der Waals surface area contributed by atoms with Crippen molar-refractivity contribution in [1.29, 1.82) is 0 Å². The summed E-state index contributed by atoms with van der Waals surface area (Å²) in [6, 6.07) is 5.85. The number of unbranched alkanes of at least 4 members (excludes halogenated alkanes) is 8. The molecule has 0 aliphatic carbocycles. The molecule has 1 amide bonds. The van der Waals surface area contributed by atoms with Gasteiger partial charge in [-0.3, -0.25) is 4.79 Å². The van der Waals surface area contributed by atoms with Crippen molar-refractivity contribution in [1.82, 2.24) is 5.32 Å². The van der Waals surface area contributed by atoms with Crippen LogP contribution in [0.5, 0.6) is 5.75 Å². The second kappa shape index (κ2) is 25.2. The second-order valence-corrected chi connectivity index (χ2v) is 13.8. The fourth-order valence-corrected chi connectivity index (χ4v) is 5.92. The lowest BCUT2D eigenvalue weighted by atomic mass is 9.82. The predicted octanol–water partition coefficient (Wildman–Crippen LogP) is 7.55.